The Morgan fingerprint density at radius 3 is 2.53 bits per heavy atom. The molecule has 0 aromatic heterocycles. The number of amides is 1. The van der Waals surface area contributed by atoms with Crippen LogP contribution in [0.4, 0.5) is 0 Å². The fourth-order valence-electron chi connectivity index (χ4n) is 1.15. The molecule has 1 aromatic rings. The summed E-state index contributed by atoms with van der Waals surface area (Å²) in [5, 5.41) is 0. The summed E-state index contributed by atoms with van der Waals surface area (Å²) in [5.41, 5.74) is 2.10. The van der Waals surface area contributed by atoms with Crippen molar-refractivity contribution in [3.8, 4) is 0 Å². The first-order valence-electron chi connectivity index (χ1n) is 4.93. The molecule has 0 spiro atoms. The van der Waals surface area contributed by atoms with Crippen LogP contribution in [0.25, 0.3) is 0 Å². The second kappa shape index (κ2) is 6.33. The number of rotatable bonds is 6. The van der Waals surface area contributed by atoms with E-state index < -0.39 is 10.0 Å². The molecule has 1 amide bonds. The summed E-state index contributed by atoms with van der Waals surface area (Å²) in [4.78, 5) is 15.6. The number of hydrogen-bond donors (Lipinski definition) is 2. The second-order valence-corrected chi connectivity index (χ2v) is 4.96. The summed E-state index contributed by atoms with van der Waals surface area (Å²) < 4.78 is 25.7. The fourth-order valence-corrected chi connectivity index (χ4v) is 2.20. The Morgan fingerprint density at radius 1 is 1.29 bits per heavy atom. The minimum Gasteiger partial charge on any atom is -0.277 e. The Hall–Kier alpha value is -1.44. The van der Waals surface area contributed by atoms with E-state index in [0.717, 1.165) is 0 Å². The van der Waals surface area contributed by atoms with E-state index in [1.165, 1.54) is 19.2 Å². The van der Waals surface area contributed by atoms with Crippen molar-refractivity contribution in [2.75, 3.05) is 13.7 Å². The Morgan fingerprint density at radius 2 is 1.94 bits per heavy atom. The Bertz CT molecular complexity index is 458. The summed E-state index contributed by atoms with van der Waals surface area (Å²) in [6.07, 6.45) is 0.0138. The van der Waals surface area contributed by atoms with E-state index in [-0.39, 0.29) is 23.8 Å². The maximum absolute atomic E-state index is 11.7. The molecule has 0 aliphatic heterocycles. The third kappa shape index (κ3) is 4.51. The van der Waals surface area contributed by atoms with E-state index in [1.54, 1.807) is 18.2 Å². The number of carbonyl (C=O) groups excluding carboxylic acids is 1. The highest BCUT2D eigenvalue weighted by Crippen LogP contribution is 2.06. The minimum absolute atomic E-state index is 0.0138. The molecule has 0 aliphatic rings. The number of benzene rings is 1. The van der Waals surface area contributed by atoms with Crippen molar-refractivity contribution in [2.45, 2.75) is 11.3 Å². The molecule has 0 heterocycles. The Kier molecular flexibility index (Phi) is 5.08. The molecule has 6 nitrogen and oxygen atoms in total. The first-order chi connectivity index (χ1) is 8.06. The van der Waals surface area contributed by atoms with Crippen LogP contribution in [-0.2, 0) is 19.7 Å². The van der Waals surface area contributed by atoms with Crippen molar-refractivity contribution in [1.29, 1.82) is 0 Å². The van der Waals surface area contributed by atoms with Crippen LogP contribution in [0.15, 0.2) is 35.2 Å². The van der Waals surface area contributed by atoms with Crippen LogP contribution in [-0.4, -0.2) is 28.0 Å². The number of hydrogen-bond acceptors (Lipinski definition) is 4. The van der Waals surface area contributed by atoms with E-state index in [4.69, 9.17) is 0 Å². The van der Waals surface area contributed by atoms with Gasteiger partial charge in [0.1, 0.15) is 0 Å². The predicted octanol–water partition coefficient (Wildman–Crippen LogP) is 0.0326. The summed E-state index contributed by atoms with van der Waals surface area (Å²) in [5.74, 6) is -0.386. The van der Waals surface area contributed by atoms with Gasteiger partial charge in [0.05, 0.1) is 12.0 Å². The lowest BCUT2D eigenvalue weighted by molar-refractivity contribution is -0.131. The smallest absolute Gasteiger partial charge is 0.244 e. The molecule has 0 saturated carbocycles. The molecule has 0 aliphatic carbocycles. The largest absolute Gasteiger partial charge is 0.277 e. The van der Waals surface area contributed by atoms with E-state index in [0.29, 0.717) is 0 Å². The van der Waals surface area contributed by atoms with Crippen molar-refractivity contribution in [1.82, 2.24) is 10.2 Å². The average molecular weight is 258 g/mol. The lowest BCUT2D eigenvalue weighted by Gasteiger charge is -2.06. The third-order valence-electron chi connectivity index (χ3n) is 1.91. The summed E-state index contributed by atoms with van der Waals surface area (Å²) >= 11 is 0. The Labute approximate surface area is 100.0 Å². The molecule has 0 unspecified atom stereocenters. The summed E-state index contributed by atoms with van der Waals surface area (Å²) in [6.45, 7) is 0.0203. The zero-order chi connectivity index (χ0) is 12.7. The van der Waals surface area contributed by atoms with Gasteiger partial charge in [-0.15, -0.1) is 0 Å². The van der Waals surface area contributed by atoms with Crippen LogP contribution in [0, 0.1) is 0 Å². The summed E-state index contributed by atoms with van der Waals surface area (Å²) in [6, 6.07) is 7.96. The highest BCUT2D eigenvalue weighted by atomic mass is 32.2. The van der Waals surface area contributed by atoms with Gasteiger partial charge in [0.2, 0.25) is 15.9 Å². The molecule has 0 atom stereocenters. The van der Waals surface area contributed by atoms with Crippen molar-refractivity contribution in [3.05, 3.63) is 30.3 Å². The van der Waals surface area contributed by atoms with Crippen LogP contribution < -0.4 is 10.2 Å². The molecule has 17 heavy (non-hydrogen) atoms. The molecule has 0 fully saturated rings. The monoisotopic (exact) mass is 258 g/mol. The summed E-state index contributed by atoms with van der Waals surface area (Å²) in [7, 11) is -2.23. The normalized spacial score (nSPS) is 11.1. The molecule has 2 N–H and O–H groups in total. The van der Waals surface area contributed by atoms with Gasteiger partial charge in [-0.2, -0.15) is 0 Å². The van der Waals surface area contributed by atoms with Crippen molar-refractivity contribution in [3.63, 3.8) is 0 Å². The number of hydroxylamine groups is 1. The number of sulfonamides is 1. The first-order valence-corrected chi connectivity index (χ1v) is 6.41. The molecular formula is C10H14N2O4S. The van der Waals surface area contributed by atoms with Gasteiger partial charge in [-0.3, -0.25) is 9.63 Å². The topological polar surface area (TPSA) is 84.5 Å². The van der Waals surface area contributed by atoms with Crippen LogP contribution in [0.5, 0.6) is 0 Å². The van der Waals surface area contributed by atoms with E-state index in [9.17, 15) is 13.2 Å². The lowest BCUT2D eigenvalue weighted by atomic mass is 10.4. The van der Waals surface area contributed by atoms with Gasteiger partial charge in [-0.1, -0.05) is 18.2 Å². The van der Waals surface area contributed by atoms with Crippen LogP contribution in [0.2, 0.25) is 0 Å². The number of nitrogens with one attached hydrogen (secondary N) is 2. The van der Waals surface area contributed by atoms with E-state index >= 15 is 0 Å². The van der Waals surface area contributed by atoms with Crippen molar-refractivity contribution >= 4 is 15.9 Å². The maximum Gasteiger partial charge on any atom is 0.244 e. The van der Waals surface area contributed by atoms with E-state index in [2.05, 4.69) is 15.0 Å². The molecular weight excluding hydrogens is 244 g/mol. The van der Waals surface area contributed by atoms with Crippen molar-refractivity contribution < 1.29 is 18.0 Å². The van der Waals surface area contributed by atoms with Gasteiger partial charge in [0.25, 0.3) is 0 Å². The van der Waals surface area contributed by atoms with Gasteiger partial charge in [-0.25, -0.2) is 18.6 Å². The average Bonchev–Trinajstić information content (AvgIpc) is 2.30. The molecule has 0 saturated heterocycles. The SMILES string of the molecule is CONC(=O)CCNS(=O)(=O)c1ccccc1. The first kappa shape index (κ1) is 13.6. The second-order valence-electron chi connectivity index (χ2n) is 3.19. The minimum atomic E-state index is -3.54. The van der Waals surface area contributed by atoms with Crippen LogP contribution >= 0.6 is 0 Å². The lowest BCUT2D eigenvalue weighted by Crippen LogP contribution is -2.30. The van der Waals surface area contributed by atoms with Crippen LogP contribution in [0.3, 0.4) is 0 Å². The highest BCUT2D eigenvalue weighted by Gasteiger charge is 2.12. The van der Waals surface area contributed by atoms with Gasteiger partial charge < -0.3 is 0 Å². The van der Waals surface area contributed by atoms with Gasteiger partial charge in [-0.05, 0) is 12.1 Å². The predicted molar refractivity (Wildman–Crippen MR) is 61.4 cm³/mol. The maximum atomic E-state index is 11.7. The van der Waals surface area contributed by atoms with Gasteiger partial charge >= 0.3 is 0 Å². The molecule has 7 heteroatoms. The van der Waals surface area contributed by atoms with Crippen molar-refractivity contribution in [2.24, 2.45) is 0 Å². The zero-order valence-electron chi connectivity index (χ0n) is 9.34. The standard InChI is InChI=1S/C10H14N2O4S/c1-16-12-10(13)7-8-11-17(14,15)9-5-3-2-4-6-9/h2-6,11H,7-8H2,1H3,(H,12,13). The molecule has 0 radical (unpaired) electrons. The molecule has 1 aromatic carbocycles. The third-order valence-corrected chi connectivity index (χ3v) is 3.39. The Balaban J connectivity index is 2.49. The van der Waals surface area contributed by atoms with Gasteiger partial charge in [0, 0.05) is 13.0 Å². The van der Waals surface area contributed by atoms with Gasteiger partial charge in [0.15, 0.2) is 0 Å². The highest BCUT2D eigenvalue weighted by molar-refractivity contribution is 7.89. The van der Waals surface area contributed by atoms with E-state index in [1.807, 2.05) is 0 Å². The zero-order valence-corrected chi connectivity index (χ0v) is 10.2. The van der Waals surface area contributed by atoms with Crippen LogP contribution in [0.1, 0.15) is 6.42 Å². The fraction of sp³-hybridized carbons (Fsp3) is 0.300. The molecule has 94 valence electrons. The number of carbonyl (C=O) groups is 1. The quantitative estimate of drug-likeness (QED) is 0.705. The molecule has 1 rings (SSSR count). The molecule has 0 bridgehead atoms.